The van der Waals surface area contributed by atoms with Gasteiger partial charge in [0.2, 0.25) is 0 Å². The van der Waals surface area contributed by atoms with E-state index in [0.29, 0.717) is 12.3 Å². The maximum Gasteiger partial charge on any atom is 0.308 e. The Labute approximate surface area is 193 Å². The summed E-state index contributed by atoms with van der Waals surface area (Å²) in [5.41, 5.74) is 5.87. The van der Waals surface area contributed by atoms with Crippen LogP contribution in [0.15, 0.2) is 85.7 Å². The van der Waals surface area contributed by atoms with E-state index in [9.17, 15) is 4.79 Å². The Morgan fingerprint density at radius 3 is 2.79 bits per heavy atom. The van der Waals surface area contributed by atoms with Gasteiger partial charge in [-0.15, -0.1) is 0 Å². The molecule has 0 fully saturated rings. The highest BCUT2D eigenvalue weighted by molar-refractivity contribution is 5.75. The fourth-order valence-corrected chi connectivity index (χ4v) is 4.60. The Morgan fingerprint density at radius 1 is 1.12 bits per heavy atom. The monoisotopic (exact) mass is 438 g/mol. The van der Waals surface area contributed by atoms with Crippen LogP contribution in [0.4, 0.5) is 0 Å². The Kier molecular flexibility index (Phi) is 5.89. The number of hydrogen-bond donors (Lipinski definition) is 0. The number of hydrogen-bond acceptors (Lipinski definition) is 4. The van der Waals surface area contributed by atoms with Gasteiger partial charge in [0, 0.05) is 36.6 Å². The second kappa shape index (κ2) is 9.28. The van der Waals surface area contributed by atoms with Crippen LogP contribution in [0.25, 0.3) is 5.57 Å². The lowest BCUT2D eigenvalue weighted by molar-refractivity contribution is -0.131. The van der Waals surface area contributed by atoms with Gasteiger partial charge in [0.05, 0.1) is 25.1 Å². The minimum atomic E-state index is -0.283. The molecular formula is C27H26N4O2. The molecule has 0 spiro atoms. The van der Waals surface area contributed by atoms with E-state index in [1.165, 1.54) is 23.6 Å². The predicted octanol–water partition coefficient (Wildman–Crippen LogP) is 5.06. The second-order valence-electron chi connectivity index (χ2n) is 8.28. The molecule has 5 rings (SSSR count). The summed E-state index contributed by atoms with van der Waals surface area (Å²) < 4.78 is 9.51. The molecule has 0 bridgehead atoms. The summed E-state index contributed by atoms with van der Waals surface area (Å²) in [4.78, 5) is 15.7. The molecule has 1 unspecified atom stereocenters. The Morgan fingerprint density at radius 2 is 2.00 bits per heavy atom. The van der Waals surface area contributed by atoms with Gasteiger partial charge in [-0.2, -0.15) is 5.10 Å². The molecule has 1 aliphatic rings. The largest absolute Gasteiger partial charge is 0.426 e. The van der Waals surface area contributed by atoms with Gasteiger partial charge in [0.1, 0.15) is 5.75 Å². The van der Waals surface area contributed by atoms with E-state index in [1.54, 1.807) is 6.20 Å². The van der Waals surface area contributed by atoms with Gasteiger partial charge in [0.25, 0.3) is 0 Å². The zero-order valence-electron chi connectivity index (χ0n) is 18.6. The number of aromatic nitrogens is 4. The van der Waals surface area contributed by atoms with Crippen molar-refractivity contribution >= 4 is 11.5 Å². The molecule has 6 nitrogen and oxygen atoms in total. The average Bonchev–Trinajstić information content (AvgIpc) is 3.52. The fourth-order valence-electron chi connectivity index (χ4n) is 4.60. The third-order valence-electron chi connectivity index (χ3n) is 6.04. The molecule has 33 heavy (non-hydrogen) atoms. The Bertz CT molecular complexity index is 1270. The third kappa shape index (κ3) is 4.51. The molecule has 0 saturated carbocycles. The van der Waals surface area contributed by atoms with E-state index in [4.69, 9.17) is 4.74 Å². The lowest BCUT2D eigenvalue weighted by Gasteiger charge is -2.21. The number of nitrogens with zero attached hydrogens (tertiary/aromatic N) is 4. The fraction of sp³-hybridized carbons (Fsp3) is 0.222. The molecule has 166 valence electrons. The lowest BCUT2D eigenvalue weighted by Crippen LogP contribution is -2.10. The molecule has 0 saturated heterocycles. The number of rotatable bonds is 6. The van der Waals surface area contributed by atoms with Crippen LogP contribution in [0.5, 0.6) is 5.75 Å². The first kappa shape index (κ1) is 20.9. The highest BCUT2D eigenvalue weighted by Gasteiger charge is 2.20. The molecule has 2 aromatic heterocycles. The number of ether oxygens (including phenoxy) is 1. The summed E-state index contributed by atoms with van der Waals surface area (Å²) in [7, 11) is 0. The average molecular weight is 439 g/mol. The number of imidazole rings is 1. The van der Waals surface area contributed by atoms with Gasteiger partial charge in [-0.25, -0.2) is 4.98 Å². The zero-order valence-corrected chi connectivity index (χ0v) is 18.6. The summed E-state index contributed by atoms with van der Waals surface area (Å²) in [6.07, 6.45) is 14.9. The number of carbonyl (C=O) groups excluding carboxylic acids is 1. The van der Waals surface area contributed by atoms with E-state index in [0.717, 1.165) is 30.4 Å². The number of allylic oxidation sites excluding steroid dienone is 2. The van der Waals surface area contributed by atoms with Crippen molar-refractivity contribution in [1.29, 1.82) is 0 Å². The lowest BCUT2D eigenvalue weighted by atomic mass is 9.86. The van der Waals surface area contributed by atoms with Crippen molar-refractivity contribution in [3.05, 3.63) is 108 Å². The maximum atomic E-state index is 11.5. The van der Waals surface area contributed by atoms with Crippen LogP contribution in [-0.2, 0) is 17.8 Å². The number of benzene rings is 2. The molecule has 1 atom stereocenters. The molecule has 0 amide bonds. The van der Waals surface area contributed by atoms with Crippen molar-refractivity contribution in [2.45, 2.75) is 38.8 Å². The van der Waals surface area contributed by atoms with Gasteiger partial charge >= 0.3 is 5.97 Å². The molecule has 1 aliphatic carbocycles. The van der Waals surface area contributed by atoms with Crippen LogP contribution >= 0.6 is 0 Å². The molecule has 6 heteroatoms. The Hall–Kier alpha value is -3.93. The smallest absolute Gasteiger partial charge is 0.308 e. The van der Waals surface area contributed by atoms with Crippen LogP contribution in [0.3, 0.4) is 0 Å². The van der Waals surface area contributed by atoms with Gasteiger partial charge < -0.3 is 9.30 Å². The summed E-state index contributed by atoms with van der Waals surface area (Å²) in [5, 5.41) is 4.64. The Balaban J connectivity index is 1.41. The maximum absolute atomic E-state index is 11.5. The minimum Gasteiger partial charge on any atom is -0.426 e. The van der Waals surface area contributed by atoms with Crippen molar-refractivity contribution in [2.75, 3.05) is 0 Å². The van der Waals surface area contributed by atoms with E-state index >= 15 is 0 Å². The molecule has 2 aromatic carbocycles. The second-order valence-corrected chi connectivity index (χ2v) is 8.28. The standard InChI is InChI=1S/C27H26N4O2/c1-20(32)33-26-12-6-10-24-21(9-5-11-25(24)26)13-15-31-18-23(17-29-31)27(30-16-14-28-19-30)22-7-3-2-4-8-22/h2-4,6-8,10,12-14,16-19,27H,5,9,11,15H2,1H3. The summed E-state index contributed by atoms with van der Waals surface area (Å²) in [5.74, 6) is 0.396. The van der Waals surface area contributed by atoms with Crippen LogP contribution in [-0.4, -0.2) is 25.3 Å². The van der Waals surface area contributed by atoms with Crippen molar-refractivity contribution in [2.24, 2.45) is 0 Å². The van der Waals surface area contributed by atoms with Crippen molar-refractivity contribution in [1.82, 2.24) is 19.3 Å². The minimum absolute atomic E-state index is 0.0248. The highest BCUT2D eigenvalue weighted by Crippen LogP contribution is 2.36. The normalized spacial score (nSPS) is 15.2. The van der Waals surface area contributed by atoms with Crippen molar-refractivity contribution in [3.63, 3.8) is 0 Å². The summed E-state index contributed by atoms with van der Waals surface area (Å²) >= 11 is 0. The zero-order chi connectivity index (χ0) is 22.6. The molecule has 0 N–H and O–H groups in total. The van der Waals surface area contributed by atoms with Gasteiger partial charge in [0.15, 0.2) is 0 Å². The van der Waals surface area contributed by atoms with Gasteiger partial charge in [-0.05, 0) is 42.0 Å². The van der Waals surface area contributed by atoms with Crippen molar-refractivity contribution < 1.29 is 9.53 Å². The molecular weight excluding hydrogens is 412 g/mol. The highest BCUT2D eigenvalue weighted by atomic mass is 16.5. The van der Waals surface area contributed by atoms with Crippen LogP contribution in [0.2, 0.25) is 0 Å². The van der Waals surface area contributed by atoms with Gasteiger partial charge in [-0.1, -0.05) is 48.5 Å². The van der Waals surface area contributed by atoms with Crippen molar-refractivity contribution in [3.8, 4) is 5.75 Å². The van der Waals surface area contributed by atoms with E-state index in [1.807, 2.05) is 41.6 Å². The number of carbonyl (C=O) groups is 1. The molecule has 2 heterocycles. The summed E-state index contributed by atoms with van der Waals surface area (Å²) in [6, 6.07) is 16.4. The molecule has 0 aliphatic heterocycles. The van der Waals surface area contributed by atoms with Crippen LogP contribution in [0.1, 0.15) is 48.1 Å². The van der Waals surface area contributed by atoms with Crippen LogP contribution in [0, 0.1) is 0 Å². The van der Waals surface area contributed by atoms with Crippen LogP contribution < -0.4 is 4.74 Å². The number of esters is 1. The van der Waals surface area contributed by atoms with E-state index < -0.39 is 0 Å². The van der Waals surface area contributed by atoms with E-state index in [2.05, 4.69) is 57.3 Å². The first-order chi connectivity index (χ1) is 16.2. The first-order valence-electron chi connectivity index (χ1n) is 11.2. The predicted molar refractivity (Wildman–Crippen MR) is 127 cm³/mol. The number of fused-ring (bicyclic) bond motifs is 1. The molecule has 4 aromatic rings. The van der Waals surface area contributed by atoms with Gasteiger partial charge in [-0.3, -0.25) is 9.48 Å². The SMILES string of the molecule is CC(=O)Oc1cccc2c1CCCC2=CCn1cc(C(c2ccccc2)n2ccnc2)cn1. The summed E-state index contributed by atoms with van der Waals surface area (Å²) in [6.45, 7) is 2.12. The third-order valence-corrected chi connectivity index (χ3v) is 6.04. The molecule has 0 radical (unpaired) electrons. The quantitative estimate of drug-likeness (QED) is 0.312. The van der Waals surface area contributed by atoms with E-state index in [-0.39, 0.29) is 12.0 Å². The first-order valence-corrected chi connectivity index (χ1v) is 11.2. The topological polar surface area (TPSA) is 61.9 Å².